The number of aryl methyl sites for hydroxylation is 1. The number of esters is 1. The van der Waals surface area contributed by atoms with Gasteiger partial charge in [0.15, 0.2) is 0 Å². The summed E-state index contributed by atoms with van der Waals surface area (Å²) < 4.78 is 7.15. The molecule has 0 atom stereocenters. The molecule has 0 spiro atoms. The van der Waals surface area contributed by atoms with Gasteiger partial charge in [-0.05, 0) is 30.7 Å². The number of ether oxygens (including phenoxy) is 1. The molecule has 0 bridgehead atoms. The number of fused-ring (bicyclic) bond motifs is 1. The number of pyridine rings is 1. The molecule has 0 aromatic carbocycles. The van der Waals surface area contributed by atoms with E-state index in [-0.39, 0.29) is 12.2 Å². The number of nitrogens with zero attached hydrogens (tertiary/aromatic N) is 2. The molecular formula is C15H11ClN2O3S. The average molecular weight is 335 g/mol. The van der Waals surface area contributed by atoms with Crippen LogP contribution in [-0.4, -0.2) is 15.4 Å². The minimum absolute atomic E-state index is 0.0611. The molecule has 0 saturated carbocycles. The predicted molar refractivity (Wildman–Crippen MR) is 84.6 cm³/mol. The van der Waals surface area contributed by atoms with Crippen molar-refractivity contribution in [3.05, 3.63) is 67.4 Å². The number of thiophene rings is 1. The van der Waals surface area contributed by atoms with E-state index in [9.17, 15) is 9.59 Å². The maximum absolute atomic E-state index is 12.0. The van der Waals surface area contributed by atoms with Gasteiger partial charge in [-0.15, -0.1) is 11.3 Å². The highest BCUT2D eigenvalue weighted by Crippen LogP contribution is 2.22. The van der Waals surface area contributed by atoms with Crippen LogP contribution in [0.4, 0.5) is 0 Å². The second-order valence-electron chi connectivity index (χ2n) is 4.65. The molecule has 22 heavy (non-hydrogen) atoms. The average Bonchev–Trinajstić information content (AvgIpc) is 2.93. The van der Waals surface area contributed by atoms with Crippen LogP contribution < -0.4 is 5.56 Å². The molecule has 0 aliphatic heterocycles. The fraction of sp³-hybridized carbons (Fsp3) is 0.133. The lowest BCUT2D eigenvalue weighted by Gasteiger charge is -2.06. The van der Waals surface area contributed by atoms with Crippen LogP contribution in [0.2, 0.25) is 4.34 Å². The Morgan fingerprint density at radius 2 is 2.23 bits per heavy atom. The van der Waals surface area contributed by atoms with E-state index in [4.69, 9.17) is 16.3 Å². The summed E-state index contributed by atoms with van der Waals surface area (Å²) in [5, 5.41) is 0. The van der Waals surface area contributed by atoms with Crippen LogP contribution in [-0.2, 0) is 11.3 Å². The first kappa shape index (κ1) is 14.7. The molecule has 0 fully saturated rings. The largest absolute Gasteiger partial charge is 0.455 e. The van der Waals surface area contributed by atoms with Crippen molar-refractivity contribution in [3.63, 3.8) is 0 Å². The molecule has 0 radical (unpaired) electrons. The maximum atomic E-state index is 12.0. The van der Waals surface area contributed by atoms with Crippen LogP contribution in [0.3, 0.4) is 0 Å². The first-order chi connectivity index (χ1) is 10.5. The zero-order valence-electron chi connectivity index (χ0n) is 11.6. The topological polar surface area (TPSA) is 60.7 Å². The van der Waals surface area contributed by atoms with E-state index in [1.54, 1.807) is 24.4 Å². The molecule has 0 unspecified atom stereocenters. The van der Waals surface area contributed by atoms with Crippen LogP contribution in [0, 0.1) is 6.92 Å². The Bertz CT molecular complexity index is 917. The Labute approximate surface area is 134 Å². The number of hydrogen-bond acceptors (Lipinski definition) is 5. The van der Waals surface area contributed by atoms with Gasteiger partial charge in [-0.2, -0.15) is 0 Å². The molecular weight excluding hydrogens is 324 g/mol. The fourth-order valence-corrected chi connectivity index (χ4v) is 2.95. The van der Waals surface area contributed by atoms with Gasteiger partial charge in [0.2, 0.25) is 0 Å². The van der Waals surface area contributed by atoms with E-state index in [0.717, 1.165) is 16.9 Å². The molecule has 0 N–H and O–H groups in total. The first-order valence-electron chi connectivity index (χ1n) is 6.45. The smallest absolute Gasteiger partial charge is 0.348 e. The van der Waals surface area contributed by atoms with Crippen molar-refractivity contribution < 1.29 is 9.53 Å². The molecule has 3 aromatic rings. The summed E-state index contributed by atoms with van der Waals surface area (Å²) >= 11 is 6.92. The molecule has 0 saturated heterocycles. The third kappa shape index (κ3) is 2.88. The fourth-order valence-electron chi connectivity index (χ4n) is 2.02. The van der Waals surface area contributed by atoms with Gasteiger partial charge in [0.25, 0.3) is 5.56 Å². The quantitative estimate of drug-likeness (QED) is 0.691. The minimum atomic E-state index is -0.483. The van der Waals surface area contributed by atoms with E-state index >= 15 is 0 Å². The third-order valence-electron chi connectivity index (χ3n) is 3.06. The lowest BCUT2D eigenvalue weighted by Crippen LogP contribution is -2.17. The highest BCUT2D eigenvalue weighted by atomic mass is 35.5. The van der Waals surface area contributed by atoms with Crippen molar-refractivity contribution in [2.75, 3.05) is 0 Å². The van der Waals surface area contributed by atoms with Crippen LogP contribution in [0.1, 0.15) is 20.9 Å². The highest BCUT2D eigenvalue weighted by Gasteiger charge is 2.12. The second-order valence-corrected chi connectivity index (χ2v) is 6.37. The van der Waals surface area contributed by atoms with Gasteiger partial charge < -0.3 is 4.74 Å². The lowest BCUT2D eigenvalue weighted by atomic mass is 10.3. The summed E-state index contributed by atoms with van der Waals surface area (Å²) in [5.74, 6) is -0.483. The number of hydrogen-bond donors (Lipinski definition) is 0. The molecule has 0 amide bonds. The summed E-state index contributed by atoms with van der Waals surface area (Å²) in [6.07, 6.45) is 1.65. The minimum Gasteiger partial charge on any atom is -0.455 e. The monoisotopic (exact) mass is 334 g/mol. The Morgan fingerprint density at radius 1 is 1.41 bits per heavy atom. The van der Waals surface area contributed by atoms with Crippen LogP contribution >= 0.6 is 22.9 Å². The van der Waals surface area contributed by atoms with Crippen molar-refractivity contribution in [2.24, 2.45) is 0 Å². The van der Waals surface area contributed by atoms with Gasteiger partial charge >= 0.3 is 5.97 Å². The van der Waals surface area contributed by atoms with Crippen molar-refractivity contribution in [3.8, 4) is 0 Å². The summed E-state index contributed by atoms with van der Waals surface area (Å²) in [6.45, 7) is 1.81. The Kier molecular flexibility index (Phi) is 3.96. The number of halogens is 1. The Hall–Kier alpha value is -2.18. The van der Waals surface area contributed by atoms with E-state index < -0.39 is 5.97 Å². The van der Waals surface area contributed by atoms with E-state index in [0.29, 0.717) is 20.6 Å². The molecule has 3 rings (SSSR count). The van der Waals surface area contributed by atoms with Gasteiger partial charge in [-0.3, -0.25) is 9.20 Å². The standard InChI is InChI=1S/C15H11ClN2O3S/c1-9-3-2-6-18-13(19)7-10(17-14(9)18)8-21-15(20)11-4-5-12(16)22-11/h2-7H,8H2,1H3. The molecule has 0 aliphatic rings. The van der Waals surface area contributed by atoms with Crippen LogP contribution in [0.5, 0.6) is 0 Å². The third-order valence-corrected chi connectivity index (χ3v) is 4.28. The van der Waals surface area contributed by atoms with Gasteiger partial charge in [-0.1, -0.05) is 17.7 Å². The van der Waals surface area contributed by atoms with Gasteiger partial charge in [-0.25, -0.2) is 9.78 Å². The zero-order valence-corrected chi connectivity index (χ0v) is 13.1. The molecule has 5 nitrogen and oxygen atoms in total. The molecule has 112 valence electrons. The normalized spacial score (nSPS) is 10.8. The summed E-state index contributed by atoms with van der Waals surface area (Å²) in [7, 11) is 0. The molecule has 7 heteroatoms. The number of rotatable bonds is 3. The van der Waals surface area contributed by atoms with Crippen LogP contribution in [0.25, 0.3) is 5.65 Å². The number of carbonyl (C=O) groups is 1. The van der Waals surface area contributed by atoms with Gasteiger partial charge in [0.05, 0.1) is 10.0 Å². The molecule has 3 heterocycles. The number of aromatic nitrogens is 2. The van der Waals surface area contributed by atoms with E-state index in [1.807, 2.05) is 13.0 Å². The van der Waals surface area contributed by atoms with Crippen molar-refractivity contribution in [1.29, 1.82) is 0 Å². The van der Waals surface area contributed by atoms with Crippen molar-refractivity contribution in [2.45, 2.75) is 13.5 Å². The highest BCUT2D eigenvalue weighted by molar-refractivity contribution is 7.17. The zero-order chi connectivity index (χ0) is 15.7. The molecule has 0 aliphatic carbocycles. The first-order valence-corrected chi connectivity index (χ1v) is 7.64. The maximum Gasteiger partial charge on any atom is 0.348 e. The van der Waals surface area contributed by atoms with Gasteiger partial charge in [0.1, 0.15) is 17.1 Å². The summed E-state index contributed by atoms with van der Waals surface area (Å²) in [4.78, 5) is 28.7. The summed E-state index contributed by atoms with van der Waals surface area (Å²) in [5.41, 5.74) is 1.63. The Morgan fingerprint density at radius 3 is 2.95 bits per heavy atom. The van der Waals surface area contributed by atoms with Crippen molar-refractivity contribution in [1.82, 2.24) is 9.38 Å². The molecule has 3 aromatic heterocycles. The van der Waals surface area contributed by atoms with Gasteiger partial charge in [0, 0.05) is 12.3 Å². The lowest BCUT2D eigenvalue weighted by molar-refractivity contribution is 0.0473. The number of carbonyl (C=O) groups excluding carboxylic acids is 1. The van der Waals surface area contributed by atoms with Crippen LogP contribution in [0.15, 0.2) is 41.3 Å². The predicted octanol–water partition coefficient (Wildman–Crippen LogP) is 3.07. The van der Waals surface area contributed by atoms with E-state index in [2.05, 4.69) is 4.98 Å². The summed E-state index contributed by atoms with van der Waals surface area (Å²) in [6, 6.07) is 8.24. The second kappa shape index (κ2) is 5.90. The van der Waals surface area contributed by atoms with Crippen molar-refractivity contribution >= 4 is 34.6 Å². The van der Waals surface area contributed by atoms with E-state index in [1.165, 1.54) is 10.5 Å². The Balaban J connectivity index is 1.84. The SMILES string of the molecule is Cc1cccn2c(=O)cc(COC(=O)c3ccc(Cl)s3)nc12.